The highest BCUT2D eigenvalue weighted by atomic mass is 15.5. The molecule has 0 aliphatic heterocycles. The normalized spacial score (nSPS) is 10.6. The van der Waals surface area contributed by atoms with Gasteiger partial charge < -0.3 is 5.32 Å². The van der Waals surface area contributed by atoms with Crippen LogP contribution in [0.15, 0.2) is 30.3 Å². The molecule has 1 aromatic heterocycles. The Morgan fingerprint density at radius 3 is 2.62 bits per heavy atom. The van der Waals surface area contributed by atoms with Gasteiger partial charge in [0, 0.05) is 19.2 Å². The molecule has 0 aliphatic rings. The van der Waals surface area contributed by atoms with E-state index in [1.165, 1.54) is 0 Å². The van der Waals surface area contributed by atoms with Crippen LogP contribution in [0.3, 0.4) is 0 Å². The maximum atomic E-state index is 4.40. The van der Waals surface area contributed by atoms with Gasteiger partial charge in [0.05, 0.1) is 0 Å². The molecule has 0 fully saturated rings. The molecule has 0 radical (unpaired) electrons. The lowest BCUT2D eigenvalue weighted by atomic mass is 10.1. The van der Waals surface area contributed by atoms with Crippen molar-refractivity contribution in [2.24, 2.45) is 7.05 Å². The number of nitrogens with zero attached hydrogens (tertiary/aromatic N) is 3. The molecule has 16 heavy (non-hydrogen) atoms. The van der Waals surface area contributed by atoms with Crippen LogP contribution in [-0.4, -0.2) is 21.5 Å². The van der Waals surface area contributed by atoms with E-state index in [9.17, 15) is 0 Å². The van der Waals surface area contributed by atoms with Crippen LogP contribution in [0.5, 0.6) is 0 Å². The molecule has 1 heterocycles. The van der Waals surface area contributed by atoms with Gasteiger partial charge in [-0.1, -0.05) is 37.3 Å². The molecule has 0 amide bonds. The minimum atomic E-state index is 0.758. The summed E-state index contributed by atoms with van der Waals surface area (Å²) in [5.41, 5.74) is 3.07. The molecule has 0 unspecified atom stereocenters. The van der Waals surface area contributed by atoms with Gasteiger partial charge >= 0.3 is 0 Å². The summed E-state index contributed by atoms with van der Waals surface area (Å²) in [5.74, 6) is 0. The van der Waals surface area contributed by atoms with Crippen molar-refractivity contribution in [2.45, 2.75) is 13.5 Å². The van der Waals surface area contributed by atoms with Crippen LogP contribution in [0, 0.1) is 0 Å². The average Bonchev–Trinajstić information content (AvgIpc) is 2.69. The molecular formula is C12H16N4. The van der Waals surface area contributed by atoms with Gasteiger partial charge in [0.25, 0.3) is 0 Å². The summed E-state index contributed by atoms with van der Waals surface area (Å²) >= 11 is 0. The Kier molecular flexibility index (Phi) is 3.31. The highest BCUT2D eigenvalue weighted by molar-refractivity contribution is 5.60. The first kappa shape index (κ1) is 10.8. The first-order chi connectivity index (χ1) is 7.81. The van der Waals surface area contributed by atoms with Crippen LogP contribution in [0.2, 0.25) is 0 Å². The monoisotopic (exact) mass is 216 g/mol. The molecule has 0 saturated heterocycles. The molecule has 4 heteroatoms. The Balaban J connectivity index is 2.33. The summed E-state index contributed by atoms with van der Waals surface area (Å²) in [6.45, 7) is 3.78. The van der Waals surface area contributed by atoms with Crippen molar-refractivity contribution in [2.75, 3.05) is 6.54 Å². The molecule has 1 aromatic carbocycles. The SMILES string of the molecule is CCNCc1nn(C)nc1-c1ccccc1. The highest BCUT2D eigenvalue weighted by Gasteiger charge is 2.10. The molecule has 0 aliphatic carbocycles. The summed E-state index contributed by atoms with van der Waals surface area (Å²) in [6, 6.07) is 10.1. The molecule has 84 valence electrons. The molecule has 0 spiro atoms. The number of nitrogens with one attached hydrogen (secondary N) is 1. The van der Waals surface area contributed by atoms with Crippen LogP contribution >= 0.6 is 0 Å². The Hall–Kier alpha value is -1.68. The molecule has 0 atom stereocenters. The summed E-state index contributed by atoms with van der Waals surface area (Å²) < 4.78 is 0. The number of benzene rings is 1. The van der Waals surface area contributed by atoms with Crippen LogP contribution in [0.4, 0.5) is 0 Å². The molecule has 2 aromatic rings. The lowest BCUT2D eigenvalue weighted by Crippen LogP contribution is -2.13. The quantitative estimate of drug-likeness (QED) is 0.844. The Morgan fingerprint density at radius 2 is 1.94 bits per heavy atom. The number of rotatable bonds is 4. The fourth-order valence-electron chi connectivity index (χ4n) is 1.63. The van der Waals surface area contributed by atoms with Crippen LogP contribution in [0.25, 0.3) is 11.3 Å². The zero-order valence-corrected chi connectivity index (χ0v) is 9.64. The lowest BCUT2D eigenvalue weighted by molar-refractivity contribution is 0.630. The second kappa shape index (κ2) is 4.90. The topological polar surface area (TPSA) is 42.7 Å². The van der Waals surface area contributed by atoms with Gasteiger partial charge in [0.2, 0.25) is 0 Å². The van der Waals surface area contributed by atoms with E-state index in [0.717, 1.165) is 30.0 Å². The first-order valence-electron chi connectivity index (χ1n) is 5.47. The lowest BCUT2D eigenvalue weighted by Gasteiger charge is -2.00. The van der Waals surface area contributed by atoms with E-state index in [0.29, 0.717) is 0 Å². The van der Waals surface area contributed by atoms with Gasteiger partial charge in [-0.3, -0.25) is 0 Å². The van der Waals surface area contributed by atoms with Crippen molar-refractivity contribution in [3.8, 4) is 11.3 Å². The first-order valence-corrected chi connectivity index (χ1v) is 5.47. The van der Waals surface area contributed by atoms with Crippen LogP contribution in [0.1, 0.15) is 12.6 Å². The summed E-state index contributed by atoms with van der Waals surface area (Å²) in [6.07, 6.45) is 0. The zero-order chi connectivity index (χ0) is 11.4. The van der Waals surface area contributed by atoms with E-state index in [2.05, 4.69) is 34.6 Å². The maximum Gasteiger partial charge on any atom is 0.117 e. The Bertz CT molecular complexity index is 447. The van der Waals surface area contributed by atoms with Crippen molar-refractivity contribution in [3.05, 3.63) is 36.0 Å². The minimum Gasteiger partial charge on any atom is -0.311 e. The zero-order valence-electron chi connectivity index (χ0n) is 9.64. The van der Waals surface area contributed by atoms with Crippen molar-refractivity contribution in [1.82, 2.24) is 20.3 Å². The third kappa shape index (κ3) is 2.28. The largest absolute Gasteiger partial charge is 0.311 e. The van der Waals surface area contributed by atoms with Gasteiger partial charge in [-0.2, -0.15) is 15.0 Å². The van der Waals surface area contributed by atoms with Gasteiger partial charge in [-0.15, -0.1) is 0 Å². The molecule has 1 N–H and O–H groups in total. The molecule has 0 saturated carbocycles. The summed E-state index contributed by atoms with van der Waals surface area (Å²) in [4.78, 5) is 1.62. The van der Waals surface area contributed by atoms with E-state index in [1.807, 2.05) is 25.2 Å². The van der Waals surface area contributed by atoms with Gasteiger partial charge in [-0.25, -0.2) is 0 Å². The number of hydrogen-bond donors (Lipinski definition) is 1. The molecule has 0 bridgehead atoms. The predicted molar refractivity (Wildman–Crippen MR) is 63.8 cm³/mol. The van der Waals surface area contributed by atoms with Crippen molar-refractivity contribution in [3.63, 3.8) is 0 Å². The second-order valence-electron chi connectivity index (χ2n) is 3.63. The molecule has 2 rings (SSSR count). The van der Waals surface area contributed by atoms with Crippen LogP contribution in [-0.2, 0) is 13.6 Å². The third-order valence-corrected chi connectivity index (χ3v) is 2.37. The minimum absolute atomic E-state index is 0.758. The fraction of sp³-hybridized carbons (Fsp3) is 0.333. The van der Waals surface area contributed by atoms with Crippen molar-refractivity contribution >= 4 is 0 Å². The van der Waals surface area contributed by atoms with Crippen LogP contribution < -0.4 is 5.32 Å². The molecular weight excluding hydrogens is 200 g/mol. The number of hydrogen-bond acceptors (Lipinski definition) is 3. The van der Waals surface area contributed by atoms with Gasteiger partial charge in [0.15, 0.2) is 0 Å². The van der Waals surface area contributed by atoms with Crippen molar-refractivity contribution in [1.29, 1.82) is 0 Å². The Labute approximate surface area is 95.3 Å². The summed E-state index contributed by atoms with van der Waals surface area (Å²) in [7, 11) is 1.85. The number of aryl methyl sites for hydroxylation is 1. The average molecular weight is 216 g/mol. The fourth-order valence-corrected chi connectivity index (χ4v) is 1.63. The van der Waals surface area contributed by atoms with E-state index in [-0.39, 0.29) is 0 Å². The highest BCUT2D eigenvalue weighted by Crippen LogP contribution is 2.19. The second-order valence-corrected chi connectivity index (χ2v) is 3.63. The maximum absolute atomic E-state index is 4.40. The Morgan fingerprint density at radius 1 is 1.19 bits per heavy atom. The number of aromatic nitrogens is 3. The van der Waals surface area contributed by atoms with Crippen molar-refractivity contribution < 1.29 is 0 Å². The van der Waals surface area contributed by atoms with E-state index >= 15 is 0 Å². The van der Waals surface area contributed by atoms with E-state index in [4.69, 9.17) is 0 Å². The molecule has 4 nitrogen and oxygen atoms in total. The smallest absolute Gasteiger partial charge is 0.117 e. The van der Waals surface area contributed by atoms with E-state index < -0.39 is 0 Å². The van der Waals surface area contributed by atoms with E-state index in [1.54, 1.807) is 4.80 Å². The summed E-state index contributed by atoms with van der Waals surface area (Å²) in [5, 5.41) is 12.0. The third-order valence-electron chi connectivity index (χ3n) is 2.37. The standard InChI is InChI=1S/C12H16N4/c1-3-13-9-11-12(15-16(2)14-11)10-7-5-4-6-8-10/h4-8,13H,3,9H2,1-2H3. The van der Waals surface area contributed by atoms with Gasteiger partial charge in [-0.05, 0) is 6.54 Å². The predicted octanol–water partition coefficient (Wildman–Crippen LogP) is 1.59. The van der Waals surface area contributed by atoms with Gasteiger partial charge in [0.1, 0.15) is 11.4 Å².